The Bertz CT molecular complexity index is 385. The van der Waals surface area contributed by atoms with Gasteiger partial charge in [0.15, 0.2) is 0 Å². The van der Waals surface area contributed by atoms with Crippen molar-refractivity contribution in [3.63, 3.8) is 0 Å². The van der Waals surface area contributed by atoms with Gasteiger partial charge >= 0.3 is 5.97 Å². The second-order valence-corrected chi connectivity index (χ2v) is 3.51. The standard InChI is InChI=1S/C14H18O3/c1-4-13(16-5-2)11-9-7-8-10-12(11)14(15)17-6-3/h6-10,13H,3-5H2,1-2H3. The van der Waals surface area contributed by atoms with E-state index in [1.165, 1.54) is 0 Å². The average Bonchev–Trinajstić information content (AvgIpc) is 2.36. The van der Waals surface area contributed by atoms with Crippen molar-refractivity contribution in [3.05, 3.63) is 48.2 Å². The average molecular weight is 234 g/mol. The van der Waals surface area contributed by atoms with Crippen molar-refractivity contribution >= 4 is 5.97 Å². The fraction of sp³-hybridized carbons (Fsp3) is 0.357. The van der Waals surface area contributed by atoms with Gasteiger partial charge in [-0.3, -0.25) is 0 Å². The highest BCUT2D eigenvalue weighted by Crippen LogP contribution is 2.25. The first kappa shape index (κ1) is 13.5. The lowest BCUT2D eigenvalue weighted by molar-refractivity contribution is 0.0544. The SMILES string of the molecule is C=COC(=O)c1ccccc1C(CC)OCC. The molecule has 1 atom stereocenters. The predicted molar refractivity (Wildman–Crippen MR) is 66.7 cm³/mol. The van der Waals surface area contributed by atoms with Crippen molar-refractivity contribution in [2.75, 3.05) is 6.61 Å². The van der Waals surface area contributed by atoms with Crippen molar-refractivity contribution in [1.82, 2.24) is 0 Å². The number of benzene rings is 1. The summed E-state index contributed by atoms with van der Waals surface area (Å²) in [5.41, 5.74) is 1.40. The zero-order chi connectivity index (χ0) is 12.7. The van der Waals surface area contributed by atoms with Gasteiger partial charge in [-0.1, -0.05) is 31.7 Å². The summed E-state index contributed by atoms with van der Waals surface area (Å²) in [6.07, 6.45) is 1.88. The van der Waals surface area contributed by atoms with Gasteiger partial charge in [-0.2, -0.15) is 0 Å². The van der Waals surface area contributed by atoms with Gasteiger partial charge in [-0.05, 0) is 25.0 Å². The summed E-state index contributed by atoms with van der Waals surface area (Å²) in [5.74, 6) is -0.395. The molecule has 0 saturated carbocycles. The van der Waals surface area contributed by atoms with Crippen LogP contribution in [0.25, 0.3) is 0 Å². The number of carbonyl (C=O) groups excluding carboxylic acids is 1. The van der Waals surface area contributed by atoms with Crippen LogP contribution in [0.2, 0.25) is 0 Å². The fourth-order valence-corrected chi connectivity index (χ4v) is 1.73. The van der Waals surface area contributed by atoms with E-state index >= 15 is 0 Å². The van der Waals surface area contributed by atoms with Crippen molar-refractivity contribution in [3.8, 4) is 0 Å². The minimum absolute atomic E-state index is 0.0754. The highest BCUT2D eigenvalue weighted by atomic mass is 16.5. The third-order valence-corrected chi connectivity index (χ3v) is 2.46. The molecular formula is C14H18O3. The first-order chi connectivity index (χ1) is 8.24. The summed E-state index contributed by atoms with van der Waals surface area (Å²) in [7, 11) is 0. The molecule has 0 radical (unpaired) electrons. The number of ether oxygens (including phenoxy) is 2. The van der Waals surface area contributed by atoms with Crippen molar-refractivity contribution in [2.24, 2.45) is 0 Å². The van der Waals surface area contributed by atoms with Gasteiger partial charge in [0.05, 0.1) is 17.9 Å². The van der Waals surface area contributed by atoms with E-state index in [-0.39, 0.29) is 6.10 Å². The van der Waals surface area contributed by atoms with Crippen LogP contribution in [0.1, 0.15) is 42.3 Å². The van der Waals surface area contributed by atoms with Crippen molar-refractivity contribution in [1.29, 1.82) is 0 Å². The van der Waals surface area contributed by atoms with Gasteiger partial charge in [0.2, 0.25) is 0 Å². The molecule has 0 N–H and O–H groups in total. The lowest BCUT2D eigenvalue weighted by atomic mass is 10.0. The first-order valence-electron chi connectivity index (χ1n) is 5.77. The van der Waals surface area contributed by atoms with E-state index in [0.717, 1.165) is 18.2 Å². The van der Waals surface area contributed by atoms with Crippen LogP contribution in [0.5, 0.6) is 0 Å². The van der Waals surface area contributed by atoms with Gasteiger partial charge in [0, 0.05) is 6.61 Å². The molecule has 0 fully saturated rings. The van der Waals surface area contributed by atoms with Gasteiger partial charge in [-0.15, -0.1) is 0 Å². The maximum Gasteiger partial charge on any atom is 0.343 e. The Morgan fingerprint density at radius 3 is 2.71 bits per heavy atom. The van der Waals surface area contributed by atoms with E-state index in [1.54, 1.807) is 6.07 Å². The minimum Gasteiger partial charge on any atom is -0.432 e. The van der Waals surface area contributed by atoms with Crippen LogP contribution in [0.4, 0.5) is 0 Å². The summed E-state index contributed by atoms with van der Waals surface area (Å²) in [6.45, 7) is 7.96. The van der Waals surface area contributed by atoms with Crippen LogP contribution in [-0.4, -0.2) is 12.6 Å². The molecule has 3 heteroatoms. The molecule has 0 aliphatic carbocycles. The number of hydrogen-bond donors (Lipinski definition) is 0. The maximum atomic E-state index is 11.7. The first-order valence-corrected chi connectivity index (χ1v) is 5.77. The Kier molecular flexibility index (Phi) is 5.43. The van der Waals surface area contributed by atoms with E-state index in [0.29, 0.717) is 12.2 Å². The van der Waals surface area contributed by atoms with Crippen LogP contribution >= 0.6 is 0 Å². The maximum absolute atomic E-state index is 11.7. The Labute approximate surface area is 102 Å². The number of carbonyl (C=O) groups is 1. The molecule has 0 heterocycles. The molecule has 0 saturated heterocycles. The Morgan fingerprint density at radius 2 is 2.12 bits per heavy atom. The van der Waals surface area contributed by atoms with Crippen LogP contribution in [0.15, 0.2) is 37.1 Å². The molecule has 3 nitrogen and oxygen atoms in total. The zero-order valence-electron chi connectivity index (χ0n) is 10.3. The molecule has 0 spiro atoms. The topological polar surface area (TPSA) is 35.5 Å². The van der Waals surface area contributed by atoms with E-state index in [4.69, 9.17) is 9.47 Å². The van der Waals surface area contributed by atoms with Crippen molar-refractivity contribution in [2.45, 2.75) is 26.4 Å². The Balaban J connectivity index is 3.05. The van der Waals surface area contributed by atoms with E-state index in [1.807, 2.05) is 32.0 Å². The van der Waals surface area contributed by atoms with Crippen molar-refractivity contribution < 1.29 is 14.3 Å². The molecule has 17 heavy (non-hydrogen) atoms. The molecule has 1 aromatic rings. The van der Waals surface area contributed by atoms with Crippen LogP contribution < -0.4 is 0 Å². The second kappa shape index (κ2) is 6.86. The molecule has 1 aromatic carbocycles. The lowest BCUT2D eigenvalue weighted by Crippen LogP contribution is -2.11. The quantitative estimate of drug-likeness (QED) is 0.558. The Hall–Kier alpha value is -1.61. The van der Waals surface area contributed by atoms with Gasteiger partial charge in [-0.25, -0.2) is 4.79 Å². The highest BCUT2D eigenvalue weighted by molar-refractivity contribution is 5.91. The summed E-state index contributed by atoms with van der Waals surface area (Å²) < 4.78 is 10.4. The molecule has 0 aliphatic rings. The Morgan fingerprint density at radius 1 is 1.41 bits per heavy atom. The molecule has 1 rings (SSSR count). The summed E-state index contributed by atoms with van der Waals surface area (Å²) >= 11 is 0. The summed E-state index contributed by atoms with van der Waals surface area (Å²) in [4.78, 5) is 11.7. The molecule has 92 valence electrons. The largest absolute Gasteiger partial charge is 0.432 e. The highest BCUT2D eigenvalue weighted by Gasteiger charge is 2.18. The third-order valence-electron chi connectivity index (χ3n) is 2.46. The third kappa shape index (κ3) is 3.43. The fourth-order valence-electron chi connectivity index (χ4n) is 1.73. The van der Waals surface area contributed by atoms with Crippen LogP contribution in [-0.2, 0) is 9.47 Å². The summed E-state index contributed by atoms with van der Waals surface area (Å²) in [6, 6.07) is 7.33. The molecule has 0 aromatic heterocycles. The van der Waals surface area contributed by atoms with Gasteiger partial charge in [0.25, 0.3) is 0 Å². The molecular weight excluding hydrogens is 216 g/mol. The predicted octanol–water partition coefficient (Wildman–Crippen LogP) is 3.47. The van der Waals surface area contributed by atoms with Crippen LogP contribution in [0.3, 0.4) is 0 Å². The summed E-state index contributed by atoms with van der Waals surface area (Å²) in [5, 5.41) is 0. The monoisotopic (exact) mass is 234 g/mol. The minimum atomic E-state index is -0.395. The van der Waals surface area contributed by atoms with E-state index in [2.05, 4.69) is 6.58 Å². The zero-order valence-corrected chi connectivity index (χ0v) is 10.3. The smallest absolute Gasteiger partial charge is 0.343 e. The normalized spacial score (nSPS) is 11.9. The van der Waals surface area contributed by atoms with Gasteiger partial charge < -0.3 is 9.47 Å². The lowest BCUT2D eigenvalue weighted by Gasteiger charge is -2.17. The number of rotatable bonds is 6. The molecule has 1 unspecified atom stereocenters. The molecule has 0 amide bonds. The second-order valence-electron chi connectivity index (χ2n) is 3.51. The van der Waals surface area contributed by atoms with Gasteiger partial charge in [0.1, 0.15) is 0 Å². The van der Waals surface area contributed by atoms with Crippen LogP contribution in [0, 0.1) is 0 Å². The number of esters is 1. The molecule has 0 aliphatic heterocycles. The molecule has 0 bridgehead atoms. The van der Waals surface area contributed by atoms with E-state index in [9.17, 15) is 4.79 Å². The number of hydrogen-bond acceptors (Lipinski definition) is 3. The van der Waals surface area contributed by atoms with E-state index < -0.39 is 5.97 Å².